The second-order valence-electron chi connectivity index (χ2n) is 4.18. The lowest BCUT2D eigenvalue weighted by molar-refractivity contribution is 0.551. The third-order valence-electron chi connectivity index (χ3n) is 2.78. The summed E-state index contributed by atoms with van der Waals surface area (Å²) in [5, 5.41) is 2.11. The van der Waals surface area contributed by atoms with Crippen molar-refractivity contribution in [3.63, 3.8) is 0 Å². The van der Waals surface area contributed by atoms with Crippen LogP contribution in [-0.2, 0) is 0 Å². The van der Waals surface area contributed by atoms with E-state index in [4.69, 9.17) is 5.73 Å². The van der Waals surface area contributed by atoms with Gasteiger partial charge in [-0.05, 0) is 17.9 Å². The molecule has 1 aromatic rings. The Kier molecular flexibility index (Phi) is 6.69. The summed E-state index contributed by atoms with van der Waals surface area (Å²) in [5.41, 5.74) is 6.09. The zero-order chi connectivity index (χ0) is 10.9. The Hall–Kier alpha value is -0.340. The molecule has 0 fully saturated rings. The van der Waals surface area contributed by atoms with Gasteiger partial charge >= 0.3 is 0 Å². The molecule has 15 heavy (non-hydrogen) atoms. The quantitative estimate of drug-likeness (QED) is 0.648. The van der Waals surface area contributed by atoms with Gasteiger partial charge in [0.25, 0.3) is 0 Å². The maximum atomic E-state index is 6.09. The van der Waals surface area contributed by atoms with E-state index >= 15 is 0 Å². The van der Waals surface area contributed by atoms with Crippen molar-refractivity contribution in [2.45, 2.75) is 57.9 Å². The molecular weight excluding hydrogens is 202 g/mol. The predicted octanol–water partition coefficient (Wildman–Crippen LogP) is 4.50. The highest BCUT2D eigenvalue weighted by molar-refractivity contribution is 7.10. The minimum atomic E-state index is 0.274. The minimum Gasteiger partial charge on any atom is -0.323 e. The standard InChI is InChI=1S/C13H23NS/c1-2-3-4-5-6-7-9-12(14)13-10-8-11-15-13/h8,10-12H,2-7,9,14H2,1H3. The van der Waals surface area contributed by atoms with Crippen LogP contribution in [-0.4, -0.2) is 0 Å². The van der Waals surface area contributed by atoms with Crippen molar-refractivity contribution in [3.05, 3.63) is 22.4 Å². The Morgan fingerprint density at radius 3 is 2.60 bits per heavy atom. The van der Waals surface area contributed by atoms with E-state index in [2.05, 4.69) is 24.4 Å². The molecule has 1 heterocycles. The van der Waals surface area contributed by atoms with Gasteiger partial charge in [-0.15, -0.1) is 11.3 Å². The molecule has 1 nitrogen and oxygen atoms in total. The fourth-order valence-electron chi connectivity index (χ4n) is 1.79. The van der Waals surface area contributed by atoms with Gasteiger partial charge < -0.3 is 5.73 Å². The number of hydrogen-bond acceptors (Lipinski definition) is 2. The zero-order valence-corrected chi connectivity index (χ0v) is 10.6. The van der Waals surface area contributed by atoms with E-state index < -0.39 is 0 Å². The van der Waals surface area contributed by atoms with Gasteiger partial charge in [-0.25, -0.2) is 0 Å². The topological polar surface area (TPSA) is 26.0 Å². The van der Waals surface area contributed by atoms with E-state index in [-0.39, 0.29) is 6.04 Å². The number of unbranched alkanes of at least 4 members (excludes halogenated alkanes) is 5. The minimum absolute atomic E-state index is 0.274. The number of thiophene rings is 1. The molecule has 1 atom stereocenters. The summed E-state index contributed by atoms with van der Waals surface area (Å²) in [4.78, 5) is 1.34. The molecule has 0 spiro atoms. The van der Waals surface area contributed by atoms with E-state index in [0.29, 0.717) is 0 Å². The SMILES string of the molecule is CCCCCCCCC(N)c1cccs1. The van der Waals surface area contributed by atoms with Gasteiger partial charge in [-0.1, -0.05) is 51.5 Å². The third kappa shape index (κ3) is 5.33. The first-order chi connectivity index (χ1) is 7.34. The van der Waals surface area contributed by atoms with Gasteiger partial charge in [0.1, 0.15) is 0 Å². The second-order valence-corrected chi connectivity index (χ2v) is 5.16. The van der Waals surface area contributed by atoms with Gasteiger partial charge in [0, 0.05) is 10.9 Å². The lowest BCUT2D eigenvalue weighted by Crippen LogP contribution is -2.07. The van der Waals surface area contributed by atoms with Crippen LogP contribution in [0.25, 0.3) is 0 Å². The lowest BCUT2D eigenvalue weighted by Gasteiger charge is -2.08. The third-order valence-corrected chi connectivity index (χ3v) is 3.78. The largest absolute Gasteiger partial charge is 0.323 e. The lowest BCUT2D eigenvalue weighted by atomic mass is 10.1. The summed E-state index contributed by atoms with van der Waals surface area (Å²) < 4.78 is 0. The Morgan fingerprint density at radius 2 is 1.93 bits per heavy atom. The first-order valence-corrected chi connectivity index (χ1v) is 7.01. The van der Waals surface area contributed by atoms with Crippen LogP contribution in [0, 0.1) is 0 Å². The fourth-order valence-corrected chi connectivity index (χ4v) is 2.55. The molecule has 1 rings (SSSR count). The molecule has 2 N–H and O–H groups in total. The Labute approximate surface area is 97.7 Å². The molecule has 0 aliphatic carbocycles. The maximum Gasteiger partial charge on any atom is 0.0389 e. The molecule has 1 unspecified atom stereocenters. The fraction of sp³-hybridized carbons (Fsp3) is 0.692. The molecule has 0 bridgehead atoms. The highest BCUT2D eigenvalue weighted by atomic mass is 32.1. The molecule has 1 aromatic heterocycles. The van der Waals surface area contributed by atoms with E-state index in [0.717, 1.165) is 6.42 Å². The Balaban J connectivity index is 2.00. The van der Waals surface area contributed by atoms with E-state index in [1.807, 2.05) is 0 Å². The van der Waals surface area contributed by atoms with Gasteiger partial charge in [0.15, 0.2) is 0 Å². The van der Waals surface area contributed by atoms with Crippen molar-refractivity contribution in [2.24, 2.45) is 5.73 Å². The predicted molar refractivity (Wildman–Crippen MR) is 69.2 cm³/mol. The van der Waals surface area contributed by atoms with Gasteiger partial charge in [-0.3, -0.25) is 0 Å². The number of hydrogen-bond donors (Lipinski definition) is 1. The highest BCUT2D eigenvalue weighted by Crippen LogP contribution is 2.21. The smallest absolute Gasteiger partial charge is 0.0389 e. The molecule has 2 heteroatoms. The summed E-state index contributed by atoms with van der Waals surface area (Å²) in [6.45, 7) is 2.26. The van der Waals surface area contributed by atoms with E-state index in [9.17, 15) is 0 Å². The number of rotatable bonds is 8. The van der Waals surface area contributed by atoms with Crippen molar-refractivity contribution in [1.82, 2.24) is 0 Å². The first-order valence-electron chi connectivity index (χ1n) is 6.13. The van der Waals surface area contributed by atoms with Crippen molar-refractivity contribution >= 4 is 11.3 Å². The molecule has 0 aliphatic heterocycles. The van der Waals surface area contributed by atoms with Crippen LogP contribution in [0.2, 0.25) is 0 Å². The van der Waals surface area contributed by atoms with Crippen LogP contribution in [0.4, 0.5) is 0 Å². The van der Waals surface area contributed by atoms with Crippen LogP contribution < -0.4 is 5.73 Å². The zero-order valence-electron chi connectivity index (χ0n) is 9.74. The summed E-state index contributed by atoms with van der Waals surface area (Å²) in [7, 11) is 0. The van der Waals surface area contributed by atoms with Crippen molar-refractivity contribution in [3.8, 4) is 0 Å². The molecular formula is C13H23NS. The van der Waals surface area contributed by atoms with Crippen LogP contribution >= 0.6 is 11.3 Å². The molecule has 0 aromatic carbocycles. The molecule has 86 valence electrons. The maximum absolute atomic E-state index is 6.09. The molecule has 0 radical (unpaired) electrons. The summed E-state index contributed by atoms with van der Waals surface area (Å²) in [6.07, 6.45) is 9.26. The summed E-state index contributed by atoms with van der Waals surface area (Å²) in [5.74, 6) is 0. The summed E-state index contributed by atoms with van der Waals surface area (Å²) >= 11 is 1.78. The highest BCUT2D eigenvalue weighted by Gasteiger charge is 2.05. The average Bonchev–Trinajstić information content (AvgIpc) is 2.76. The van der Waals surface area contributed by atoms with Crippen molar-refractivity contribution in [1.29, 1.82) is 0 Å². The van der Waals surface area contributed by atoms with Crippen molar-refractivity contribution in [2.75, 3.05) is 0 Å². The van der Waals surface area contributed by atoms with E-state index in [1.165, 1.54) is 43.4 Å². The summed E-state index contributed by atoms with van der Waals surface area (Å²) in [6, 6.07) is 4.50. The Morgan fingerprint density at radius 1 is 1.20 bits per heavy atom. The number of nitrogens with two attached hydrogens (primary N) is 1. The van der Waals surface area contributed by atoms with Crippen LogP contribution in [0.1, 0.15) is 62.8 Å². The van der Waals surface area contributed by atoms with Crippen molar-refractivity contribution < 1.29 is 0 Å². The van der Waals surface area contributed by atoms with Gasteiger partial charge in [0.2, 0.25) is 0 Å². The molecule has 0 saturated carbocycles. The molecule has 0 aliphatic rings. The van der Waals surface area contributed by atoms with Crippen LogP contribution in [0.3, 0.4) is 0 Å². The first kappa shape index (κ1) is 12.7. The van der Waals surface area contributed by atoms with Crippen LogP contribution in [0.15, 0.2) is 17.5 Å². The normalized spacial score (nSPS) is 12.9. The van der Waals surface area contributed by atoms with Gasteiger partial charge in [0.05, 0.1) is 0 Å². The Bertz CT molecular complexity index is 231. The second kappa shape index (κ2) is 7.89. The average molecular weight is 225 g/mol. The molecule has 0 amide bonds. The monoisotopic (exact) mass is 225 g/mol. The van der Waals surface area contributed by atoms with E-state index in [1.54, 1.807) is 11.3 Å². The van der Waals surface area contributed by atoms with Crippen LogP contribution in [0.5, 0.6) is 0 Å². The molecule has 0 saturated heterocycles. The van der Waals surface area contributed by atoms with Gasteiger partial charge in [-0.2, -0.15) is 0 Å².